The van der Waals surface area contributed by atoms with E-state index in [-0.39, 0.29) is 0 Å². The van der Waals surface area contributed by atoms with Crippen molar-refractivity contribution in [1.82, 2.24) is 4.90 Å². The molecule has 0 aliphatic carbocycles. The molecule has 1 aromatic rings. The highest BCUT2D eigenvalue weighted by Crippen LogP contribution is 2.20. The molecule has 1 aromatic carbocycles. The second kappa shape index (κ2) is 6.41. The van der Waals surface area contributed by atoms with Gasteiger partial charge in [-0.25, -0.2) is 0 Å². The van der Waals surface area contributed by atoms with Crippen LogP contribution in [0.1, 0.15) is 24.9 Å². The Morgan fingerprint density at radius 3 is 2.47 bits per heavy atom. The lowest BCUT2D eigenvalue weighted by atomic mass is 10.1. The van der Waals surface area contributed by atoms with Crippen LogP contribution >= 0.6 is 24.2 Å². The average molecular weight is 244 g/mol. The minimum Gasteiger partial charge on any atom is -0.300 e. The van der Waals surface area contributed by atoms with E-state index < -0.39 is 0 Å². The number of benzene rings is 1. The van der Waals surface area contributed by atoms with E-state index >= 15 is 0 Å². The number of hydrogen-bond acceptors (Lipinski definition) is 2. The van der Waals surface area contributed by atoms with Gasteiger partial charge in [0.2, 0.25) is 0 Å². The van der Waals surface area contributed by atoms with Gasteiger partial charge in [-0.15, -0.1) is 0 Å². The van der Waals surface area contributed by atoms with Gasteiger partial charge >= 0.3 is 0 Å². The first-order valence-corrected chi connectivity index (χ1v) is 6.22. The molecule has 0 spiro atoms. The summed E-state index contributed by atoms with van der Waals surface area (Å²) in [7, 11) is 2.14. The molecule has 0 heterocycles. The van der Waals surface area contributed by atoms with Gasteiger partial charge in [0.05, 0.1) is 0 Å². The Morgan fingerprint density at radius 2 is 1.93 bits per heavy atom. The molecule has 0 bridgehead atoms. The molecule has 0 saturated carbocycles. The predicted octanol–water partition coefficient (Wildman–Crippen LogP) is 3.65. The van der Waals surface area contributed by atoms with Crippen molar-refractivity contribution in [3.05, 3.63) is 34.9 Å². The summed E-state index contributed by atoms with van der Waals surface area (Å²) in [5.74, 6) is 0.942. The SMILES string of the molecule is CC(c1ccc(Cl)cc1)N(C)CCCS. The van der Waals surface area contributed by atoms with E-state index in [1.165, 1.54) is 5.56 Å². The third-order valence-electron chi connectivity index (χ3n) is 2.68. The van der Waals surface area contributed by atoms with E-state index in [1.807, 2.05) is 12.1 Å². The first-order chi connectivity index (χ1) is 7.15. The molecule has 0 aromatic heterocycles. The van der Waals surface area contributed by atoms with Gasteiger partial charge in [0, 0.05) is 11.1 Å². The maximum absolute atomic E-state index is 5.86. The third-order valence-corrected chi connectivity index (χ3v) is 3.25. The summed E-state index contributed by atoms with van der Waals surface area (Å²) in [5.41, 5.74) is 1.31. The Balaban J connectivity index is 2.59. The molecule has 1 atom stereocenters. The van der Waals surface area contributed by atoms with Gasteiger partial charge in [-0.05, 0) is 50.4 Å². The van der Waals surface area contributed by atoms with E-state index in [2.05, 4.69) is 43.6 Å². The Hall–Kier alpha value is -0.180. The Bertz CT molecular complexity index is 286. The molecule has 84 valence electrons. The van der Waals surface area contributed by atoms with Gasteiger partial charge in [-0.2, -0.15) is 12.6 Å². The molecular formula is C12H18ClNS. The normalized spacial score (nSPS) is 13.1. The molecule has 0 fully saturated rings. The van der Waals surface area contributed by atoms with Crippen molar-refractivity contribution < 1.29 is 0 Å². The van der Waals surface area contributed by atoms with Crippen LogP contribution in [0, 0.1) is 0 Å². The van der Waals surface area contributed by atoms with Gasteiger partial charge in [-0.3, -0.25) is 4.90 Å². The number of nitrogens with zero attached hydrogens (tertiary/aromatic N) is 1. The Kier molecular flexibility index (Phi) is 5.51. The van der Waals surface area contributed by atoms with E-state index in [4.69, 9.17) is 11.6 Å². The highest BCUT2D eigenvalue weighted by Gasteiger charge is 2.10. The van der Waals surface area contributed by atoms with Crippen LogP contribution in [0.15, 0.2) is 24.3 Å². The van der Waals surface area contributed by atoms with E-state index in [0.29, 0.717) is 6.04 Å². The number of halogens is 1. The Morgan fingerprint density at radius 1 is 1.33 bits per heavy atom. The summed E-state index contributed by atoms with van der Waals surface area (Å²) in [4.78, 5) is 2.33. The zero-order valence-electron chi connectivity index (χ0n) is 9.28. The second-order valence-electron chi connectivity index (χ2n) is 3.79. The number of thiol groups is 1. The number of hydrogen-bond donors (Lipinski definition) is 1. The van der Waals surface area contributed by atoms with Crippen LogP contribution < -0.4 is 0 Å². The molecular weight excluding hydrogens is 226 g/mol. The molecule has 1 unspecified atom stereocenters. The van der Waals surface area contributed by atoms with Gasteiger partial charge < -0.3 is 0 Å². The van der Waals surface area contributed by atoms with Gasteiger partial charge in [-0.1, -0.05) is 23.7 Å². The van der Waals surface area contributed by atoms with Crippen molar-refractivity contribution >= 4 is 24.2 Å². The summed E-state index contributed by atoms with van der Waals surface area (Å²) >= 11 is 10.1. The van der Waals surface area contributed by atoms with Gasteiger partial charge in [0.1, 0.15) is 0 Å². The fourth-order valence-corrected chi connectivity index (χ4v) is 1.78. The Labute approximate surface area is 103 Å². The van der Waals surface area contributed by atoms with Crippen LogP contribution in [0.5, 0.6) is 0 Å². The first kappa shape index (κ1) is 12.9. The van der Waals surface area contributed by atoms with Crippen molar-refractivity contribution in [3.8, 4) is 0 Å². The summed E-state index contributed by atoms with van der Waals surface area (Å²) in [6.07, 6.45) is 1.12. The summed E-state index contributed by atoms with van der Waals surface area (Å²) < 4.78 is 0. The fraction of sp³-hybridized carbons (Fsp3) is 0.500. The van der Waals surface area contributed by atoms with Gasteiger partial charge in [0.25, 0.3) is 0 Å². The average Bonchev–Trinajstić information content (AvgIpc) is 2.26. The molecule has 0 aliphatic rings. The van der Waals surface area contributed by atoms with Crippen LogP contribution in [0.3, 0.4) is 0 Å². The molecule has 1 rings (SSSR count). The van der Waals surface area contributed by atoms with E-state index in [1.54, 1.807) is 0 Å². The molecule has 0 saturated heterocycles. The maximum atomic E-state index is 5.86. The van der Waals surface area contributed by atoms with E-state index in [9.17, 15) is 0 Å². The highest BCUT2D eigenvalue weighted by atomic mass is 35.5. The minimum atomic E-state index is 0.433. The smallest absolute Gasteiger partial charge is 0.0406 e. The number of rotatable bonds is 5. The molecule has 15 heavy (non-hydrogen) atoms. The fourth-order valence-electron chi connectivity index (χ4n) is 1.51. The molecule has 3 heteroatoms. The first-order valence-electron chi connectivity index (χ1n) is 5.21. The largest absolute Gasteiger partial charge is 0.300 e. The second-order valence-corrected chi connectivity index (χ2v) is 4.67. The third kappa shape index (κ3) is 4.06. The van der Waals surface area contributed by atoms with Crippen LogP contribution in [0.2, 0.25) is 5.02 Å². The summed E-state index contributed by atoms with van der Waals surface area (Å²) in [6.45, 7) is 3.29. The zero-order chi connectivity index (χ0) is 11.3. The lowest BCUT2D eigenvalue weighted by molar-refractivity contribution is 0.263. The maximum Gasteiger partial charge on any atom is 0.0406 e. The van der Waals surface area contributed by atoms with E-state index in [0.717, 1.165) is 23.7 Å². The highest BCUT2D eigenvalue weighted by molar-refractivity contribution is 7.80. The zero-order valence-corrected chi connectivity index (χ0v) is 10.9. The van der Waals surface area contributed by atoms with Gasteiger partial charge in [0.15, 0.2) is 0 Å². The lowest BCUT2D eigenvalue weighted by Crippen LogP contribution is -2.23. The van der Waals surface area contributed by atoms with Crippen LogP contribution in [0.25, 0.3) is 0 Å². The molecule has 0 amide bonds. The predicted molar refractivity (Wildman–Crippen MR) is 71.0 cm³/mol. The van der Waals surface area contributed by atoms with Crippen LogP contribution in [-0.4, -0.2) is 24.2 Å². The molecule has 0 N–H and O–H groups in total. The van der Waals surface area contributed by atoms with Crippen molar-refractivity contribution in [3.63, 3.8) is 0 Å². The lowest BCUT2D eigenvalue weighted by Gasteiger charge is -2.24. The molecule has 0 aliphatic heterocycles. The quantitative estimate of drug-likeness (QED) is 0.773. The van der Waals surface area contributed by atoms with Crippen molar-refractivity contribution in [2.45, 2.75) is 19.4 Å². The van der Waals surface area contributed by atoms with Crippen LogP contribution in [-0.2, 0) is 0 Å². The molecule has 0 radical (unpaired) electrons. The van der Waals surface area contributed by atoms with Crippen LogP contribution in [0.4, 0.5) is 0 Å². The van der Waals surface area contributed by atoms with Crippen molar-refractivity contribution in [2.24, 2.45) is 0 Å². The summed E-state index contributed by atoms with van der Waals surface area (Å²) in [6, 6.07) is 8.50. The molecule has 1 nitrogen and oxygen atoms in total. The standard InChI is InChI=1S/C12H18ClNS/c1-10(14(2)8-3-9-15)11-4-6-12(13)7-5-11/h4-7,10,15H,3,8-9H2,1-2H3. The van der Waals surface area contributed by atoms with Crippen molar-refractivity contribution in [2.75, 3.05) is 19.3 Å². The monoisotopic (exact) mass is 243 g/mol. The topological polar surface area (TPSA) is 3.24 Å². The van der Waals surface area contributed by atoms with Crippen molar-refractivity contribution in [1.29, 1.82) is 0 Å². The minimum absolute atomic E-state index is 0.433. The summed E-state index contributed by atoms with van der Waals surface area (Å²) in [5, 5.41) is 0.795.